The summed E-state index contributed by atoms with van der Waals surface area (Å²) < 4.78 is 0. The second-order valence-corrected chi connectivity index (χ2v) is 5.86. The van der Waals surface area contributed by atoms with Crippen molar-refractivity contribution in [2.75, 3.05) is 6.61 Å². The minimum atomic E-state index is -0.981. The van der Waals surface area contributed by atoms with Gasteiger partial charge in [0.15, 0.2) is 0 Å². The van der Waals surface area contributed by atoms with E-state index < -0.39 is 5.97 Å². The molecule has 0 bridgehead atoms. The molecular weight excluding hydrogens is 276 g/mol. The average molecular weight is 315 g/mol. The van der Waals surface area contributed by atoms with Crippen LogP contribution >= 0.6 is 0 Å². The van der Waals surface area contributed by atoms with E-state index in [4.69, 9.17) is 10.2 Å². The minimum absolute atomic E-state index is 0.373. The topological polar surface area (TPSA) is 57.5 Å². The molecule has 0 amide bonds. The van der Waals surface area contributed by atoms with E-state index >= 15 is 0 Å². The van der Waals surface area contributed by atoms with Crippen molar-refractivity contribution in [1.82, 2.24) is 0 Å². The zero-order valence-electron chi connectivity index (χ0n) is 14.7. The Bertz CT molecular complexity index is 213. The van der Waals surface area contributed by atoms with Crippen LogP contribution in [-0.4, -0.2) is 22.8 Å². The number of hydrogen-bond donors (Lipinski definition) is 2. The molecule has 0 saturated carbocycles. The highest BCUT2D eigenvalue weighted by atomic mass is 16.4. The van der Waals surface area contributed by atoms with Crippen molar-refractivity contribution in [3.05, 3.63) is 12.7 Å². The van der Waals surface area contributed by atoms with Gasteiger partial charge in [-0.1, -0.05) is 97.0 Å². The maximum absolute atomic E-state index is 9.25. The lowest BCUT2D eigenvalue weighted by Gasteiger charge is -2.02. The van der Waals surface area contributed by atoms with Crippen LogP contribution in [-0.2, 0) is 4.79 Å². The highest BCUT2D eigenvalue weighted by Crippen LogP contribution is 2.12. The van der Waals surface area contributed by atoms with Gasteiger partial charge in [-0.2, -0.15) is 0 Å². The summed E-state index contributed by atoms with van der Waals surface area (Å²) in [7, 11) is 0. The number of hydrogen-bond acceptors (Lipinski definition) is 2. The number of aliphatic hydroxyl groups is 1. The molecule has 0 rings (SSSR count). The van der Waals surface area contributed by atoms with Crippen molar-refractivity contribution in [3.63, 3.8) is 0 Å². The molecule has 0 fully saturated rings. The quantitative estimate of drug-likeness (QED) is 0.300. The fourth-order valence-corrected chi connectivity index (χ4v) is 2.31. The lowest BCUT2D eigenvalue weighted by atomic mass is 10.0. The third-order valence-electron chi connectivity index (χ3n) is 3.69. The zero-order chi connectivity index (χ0) is 16.9. The Labute approximate surface area is 137 Å². The number of carbonyl (C=O) groups is 1. The highest BCUT2D eigenvalue weighted by molar-refractivity contribution is 5.78. The molecule has 0 unspecified atom stereocenters. The first kappa shape index (κ1) is 23.4. The van der Waals surface area contributed by atoms with Gasteiger partial charge >= 0.3 is 5.97 Å². The molecule has 2 N–H and O–H groups in total. The molecule has 0 aliphatic rings. The van der Waals surface area contributed by atoms with Crippen molar-refractivity contribution >= 4 is 5.97 Å². The number of unbranched alkanes of at least 4 members (excludes halogenated alkanes) is 13. The summed E-state index contributed by atoms with van der Waals surface area (Å²) in [4.78, 5) is 9.25. The van der Waals surface area contributed by atoms with E-state index in [0.717, 1.165) is 12.5 Å². The minimum Gasteiger partial charge on any atom is -0.478 e. The summed E-state index contributed by atoms with van der Waals surface area (Å²) in [5.41, 5.74) is 0. The van der Waals surface area contributed by atoms with Crippen LogP contribution in [0.4, 0.5) is 0 Å². The summed E-state index contributed by atoms with van der Waals surface area (Å²) in [5.74, 6) is -0.981. The molecule has 3 nitrogen and oxygen atoms in total. The lowest BCUT2D eigenvalue weighted by Crippen LogP contribution is -1.84. The van der Waals surface area contributed by atoms with Crippen LogP contribution < -0.4 is 0 Å². The molecule has 0 radical (unpaired) electrons. The Morgan fingerprint density at radius 1 is 0.773 bits per heavy atom. The predicted molar refractivity (Wildman–Crippen MR) is 95.2 cm³/mol. The summed E-state index contributed by atoms with van der Waals surface area (Å²) >= 11 is 0. The number of carboxylic acid groups (broad SMARTS) is 1. The van der Waals surface area contributed by atoms with E-state index in [1.165, 1.54) is 83.5 Å². The van der Waals surface area contributed by atoms with Gasteiger partial charge in [-0.15, -0.1) is 0 Å². The van der Waals surface area contributed by atoms with E-state index in [9.17, 15) is 4.79 Å². The Morgan fingerprint density at radius 2 is 1.05 bits per heavy atom. The van der Waals surface area contributed by atoms with Crippen LogP contribution in [0.25, 0.3) is 0 Å². The molecule has 0 aliphatic heterocycles. The molecule has 132 valence electrons. The Morgan fingerprint density at radius 3 is 1.27 bits per heavy atom. The SMILES string of the molecule is C=CC(=O)O.CCCCCCCCCCCCCCCCO. The van der Waals surface area contributed by atoms with Crippen molar-refractivity contribution < 1.29 is 15.0 Å². The first-order valence-corrected chi connectivity index (χ1v) is 9.15. The smallest absolute Gasteiger partial charge is 0.327 e. The molecule has 0 aromatic heterocycles. The molecule has 0 heterocycles. The van der Waals surface area contributed by atoms with Gasteiger partial charge < -0.3 is 10.2 Å². The van der Waals surface area contributed by atoms with Gasteiger partial charge in [0.1, 0.15) is 0 Å². The van der Waals surface area contributed by atoms with E-state index in [2.05, 4.69) is 13.5 Å². The zero-order valence-corrected chi connectivity index (χ0v) is 14.7. The molecule has 0 spiro atoms. The Kier molecular flexibility index (Phi) is 23.9. The number of aliphatic hydroxyl groups excluding tert-OH is 1. The third-order valence-corrected chi connectivity index (χ3v) is 3.69. The van der Waals surface area contributed by atoms with E-state index in [-0.39, 0.29) is 0 Å². The van der Waals surface area contributed by atoms with Gasteiger partial charge in [-0.25, -0.2) is 4.79 Å². The van der Waals surface area contributed by atoms with E-state index in [1.807, 2.05) is 0 Å². The summed E-state index contributed by atoms with van der Waals surface area (Å²) in [6, 6.07) is 0. The molecule has 0 aliphatic carbocycles. The Balaban J connectivity index is 0. The number of aliphatic carboxylic acids is 1. The summed E-state index contributed by atoms with van der Waals surface area (Å²) in [5, 5.41) is 16.2. The molecule has 22 heavy (non-hydrogen) atoms. The van der Waals surface area contributed by atoms with Crippen molar-refractivity contribution in [1.29, 1.82) is 0 Å². The normalized spacial score (nSPS) is 9.91. The Hall–Kier alpha value is -0.830. The molecule has 0 saturated heterocycles. The first-order chi connectivity index (χ1) is 10.7. The third kappa shape index (κ3) is 27.5. The maximum Gasteiger partial charge on any atom is 0.327 e. The predicted octanol–water partition coefficient (Wildman–Crippen LogP) is 5.72. The van der Waals surface area contributed by atoms with Crippen LogP contribution in [0, 0.1) is 0 Å². The molecule has 0 aromatic carbocycles. The van der Waals surface area contributed by atoms with Crippen LogP contribution in [0.5, 0.6) is 0 Å². The standard InChI is InChI=1S/C16H34O.C3H4O2/c1-2-3-4-5-6-7-8-9-10-11-12-13-14-15-16-17;1-2-3(4)5/h17H,2-16H2,1H3;2H,1H2,(H,4,5). The second-order valence-electron chi connectivity index (χ2n) is 5.86. The summed E-state index contributed by atoms with van der Waals surface area (Å²) in [6.07, 6.45) is 20.0. The number of rotatable bonds is 15. The van der Waals surface area contributed by atoms with Gasteiger partial charge in [0.2, 0.25) is 0 Å². The van der Waals surface area contributed by atoms with Gasteiger partial charge in [0.25, 0.3) is 0 Å². The maximum atomic E-state index is 9.25. The van der Waals surface area contributed by atoms with Crippen LogP contribution in [0.15, 0.2) is 12.7 Å². The fraction of sp³-hybridized carbons (Fsp3) is 0.842. The van der Waals surface area contributed by atoms with Crippen molar-refractivity contribution in [3.8, 4) is 0 Å². The van der Waals surface area contributed by atoms with Crippen LogP contribution in [0.3, 0.4) is 0 Å². The number of carboxylic acids is 1. The molecule has 3 heteroatoms. The van der Waals surface area contributed by atoms with Crippen molar-refractivity contribution in [2.45, 2.75) is 96.8 Å². The van der Waals surface area contributed by atoms with E-state index in [0.29, 0.717) is 6.61 Å². The van der Waals surface area contributed by atoms with Gasteiger partial charge in [0, 0.05) is 12.7 Å². The van der Waals surface area contributed by atoms with E-state index in [1.54, 1.807) is 0 Å². The summed E-state index contributed by atoms with van der Waals surface area (Å²) in [6.45, 7) is 5.61. The molecule has 0 aromatic rings. The molecule has 0 atom stereocenters. The lowest BCUT2D eigenvalue weighted by molar-refractivity contribution is -0.131. The average Bonchev–Trinajstić information content (AvgIpc) is 2.52. The van der Waals surface area contributed by atoms with Crippen molar-refractivity contribution in [2.24, 2.45) is 0 Å². The fourth-order valence-electron chi connectivity index (χ4n) is 2.31. The molecular formula is C19H38O3. The largest absolute Gasteiger partial charge is 0.478 e. The van der Waals surface area contributed by atoms with Crippen LogP contribution in [0.1, 0.15) is 96.8 Å². The monoisotopic (exact) mass is 314 g/mol. The van der Waals surface area contributed by atoms with Gasteiger partial charge in [-0.05, 0) is 6.42 Å². The van der Waals surface area contributed by atoms with Gasteiger partial charge in [-0.3, -0.25) is 0 Å². The van der Waals surface area contributed by atoms with Gasteiger partial charge in [0.05, 0.1) is 0 Å². The first-order valence-electron chi connectivity index (χ1n) is 9.15. The van der Waals surface area contributed by atoms with Crippen LogP contribution in [0.2, 0.25) is 0 Å². The highest BCUT2D eigenvalue weighted by Gasteiger charge is 1.93. The second kappa shape index (κ2) is 22.5.